The maximum Gasteiger partial charge on any atom is 0.573 e. The van der Waals surface area contributed by atoms with E-state index in [9.17, 15) is 22.8 Å². The van der Waals surface area contributed by atoms with Crippen molar-refractivity contribution in [1.82, 2.24) is 0 Å². The normalized spacial score (nSPS) is 11.4. The van der Waals surface area contributed by atoms with Gasteiger partial charge in [0.05, 0.1) is 5.57 Å². The quantitative estimate of drug-likeness (QED) is 0.473. The van der Waals surface area contributed by atoms with E-state index >= 15 is 0 Å². The molecule has 0 heterocycles. The Kier molecular flexibility index (Phi) is 4.85. The maximum absolute atomic E-state index is 11.9. The Morgan fingerprint density at radius 1 is 1.20 bits per heavy atom. The molecule has 0 amide bonds. The van der Waals surface area contributed by atoms with Gasteiger partial charge in [-0.1, -0.05) is 24.8 Å². The van der Waals surface area contributed by atoms with Crippen LogP contribution in [0.4, 0.5) is 13.2 Å². The molecule has 0 aliphatic carbocycles. The lowest BCUT2D eigenvalue weighted by atomic mass is 10.1. The third-order valence-electron chi connectivity index (χ3n) is 2.26. The summed E-state index contributed by atoms with van der Waals surface area (Å²) < 4.78 is 39.5. The van der Waals surface area contributed by atoms with Gasteiger partial charge in [0.25, 0.3) is 0 Å². The van der Waals surface area contributed by atoms with E-state index in [0.29, 0.717) is 5.56 Å². The van der Waals surface area contributed by atoms with Crippen LogP contribution in [-0.4, -0.2) is 17.9 Å². The lowest BCUT2D eigenvalue weighted by Gasteiger charge is -2.08. The minimum absolute atomic E-state index is 0.154. The van der Waals surface area contributed by atoms with Crippen molar-refractivity contribution in [3.8, 4) is 5.75 Å². The molecule has 1 rings (SSSR count). The van der Waals surface area contributed by atoms with E-state index in [2.05, 4.69) is 11.3 Å². The molecule has 1 aromatic carbocycles. The lowest BCUT2D eigenvalue weighted by Crippen LogP contribution is -2.16. The molecule has 6 heteroatoms. The number of rotatable bonds is 5. The molecule has 0 saturated carbocycles. The number of hydrogen-bond donors (Lipinski definition) is 0. The number of benzene rings is 1. The van der Waals surface area contributed by atoms with Crippen LogP contribution in [0.15, 0.2) is 42.5 Å². The molecule has 0 radical (unpaired) electrons. The Morgan fingerprint density at radius 2 is 1.75 bits per heavy atom. The molecule has 0 bridgehead atoms. The smallest absolute Gasteiger partial charge is 0.406 e. The second-order valence-electron chi connectivity index (χ2n) is 3.85. The zero-order valence-electron chi connectivity index (χ0n) is 10.5. The van der Waals surface area contributed by atoms with E-state index in [1.165, 1.54) is 25.1 Å². The fourth-order valence-electron chi connectivity index (χ4n) is 1.23. The van der Waals surface area contributed by atoms with Crippen molar-refractivity contribution in [3.63, 3.8) is 0 Å². The molecule has 0 atom stereocenters. The van der Waals surface area contributed by atoms with E-state index < -0.39 is 17.9 Å². The van der Waals surface area contributed by atoms with Crippen LogP contribution < -0.4 is 4.74 Å². The second-order valence-corrected chi connectivity index (χ2v) is 3.85. The molecule has 1 aromatic rings. The Hall–Kier alpha value is -2.37. The molecule has 0 aliphatic rings. The molecule has 0 spiro atoms. The summed E-state index contributed by atoms with van der Waals surface area (Å²) in [5.74, 6) is -1.34. The van der Waals surface area contributed by atoms with Crippen molar-refractivity contribution < 1.29 is 27.5 Å². The minimum Gasteiger partial charge on any atom is -0.406 e. The second kappa shape index (κ2) is 6.18. The number of allylic oxidation sites excluding steroid dienone is 2. The molecule has 20 heavy (non-hydrogen) atoms. The van der Waals surface area contributed by atoms with Crippen LogP contribution in [-0.2, 0) is 9.59 Å². The van der Waals surface area contributed by atoms with Gasteiger partial charge in [0.2, 0.25) is 0 Å². The van der Waals surface area contributed by atoms with Crippen LogP contribution in [0.1, 0.15) is 12.5 Å². The van der Waals surface area contributed by atoms with Crippen LogP contribution in [0.5, 0.6) is 5.75 Å². The third-order valence-corrected chi connectivity index (χ3v) is 2.26. The van der Waals surface area contributed by atoms with Crippen molar-refractivity contribution >= 4 is 17.6 Å². The largest absolute Gasteiger partial charge is 0.573 e. The van der Waals surface area contributed by atoms with Crippen LogP contribution in [0.3, 0.4) is 0 Å². The van der Waals surface area contributed by atoms with Gasteiger partial charge in [-0.05, 0) is 30.7 Å². The molecule has 106 valence electrons. The molecule has 0 aliphatic heterocycles. The molecular formula is C14H11F3O3. The maximum atomic E-state index is 11.9. The van der Waals surface area contributed by atoms with Gasteiger partial charge >= 0.3 is 6.36 Å². The van der Waals surface area contributed by atoms with Gasteiger partial charge in [-0.15, -0.1) is 13.2 Å². The average molecular weight is 284 g/mol. The van der Waals surface area contributed by atoms with Crippen LogP contribution in [0.25, 0.3) is 6.08 Å². The predicted molar refractivity (Wildman–Crippen MR) is 67.0 cm³/mol. The Bertz CT molecular complexity index is 554. The van der Waals surface area contributed by atoms with Gasteiger partial charge in [-0.3, -0.25) is 9.59 Å². The first-order chi connectivity index (χ1) is 9.19. The van der Waals surface area contributed by atoms with Crippen molar-refractivity contribution in [3.05, 3.63) is 48.1 Å². The summed E-state index contributed by atoms with van der Waals surface area (Å²) in [6.45, 7) is 4.55. The molecule has 0 fully saturated rings. The van der Waals surface area contributed by atoms with Crippen LogP contribution in [0, 0.1) is 0 Å². The van der Waals surface area contributed by atoms with Gasteiger partial charge in [-0.25, -0.2) is 0 Å². The summed E-state index contributed by atoms with van der Waals surface area (Å²) >= 11 is 0. The van der Waals surface area contributed by atoms with Crippen molar-refractivity contribution in [2.24, 2.45) is 0 Å². The Balaban J connectivity index is 2.73. The summed E-state index contributed by atoms with van der Waals surface area (Å²) in [5, 5.41) is 0. The van der Waals surface area contributed by atoms with Crippen LogP contribution >= 0.6 is 0 Å². The SMILES string of the molecule is C=C(C(C)=O)C(=O)/C=C/c1ccc(OC(F)(F)F)cc1. The highest BCUT2D eigenvalue weighted by Crippen LogP contribution is 2.22. The van der Waals surface area contributed by atoms with Gasteiger partial charge in [0, 0.05) is 0 Å². The average Bonchev–Trinajstić information content (AvgIpc) is 2.34. The van der Waals surface area contributed by atoms with Gasteiger partial charge in [0.1, 0.15) is 5.75 Å². The van der Waals surface area contributed by atoms with E-state index in [0.717, 1.165) is 18.2 Å². The first kappa shape index (κ1) is 15.7. The zero-order chi connectivity index (χ0) is 15.3. The fraction of sp³-hybridized carbons (Fsp3) is 0.143. The summed E-state index contributed by atoms with van der Waals surface area (Å²) in [6.07, 6.45) is -2.25. The number of ketones is 2. The molecular weight excluding hydrogens is 273 g/mol. The Labute approximate surface area is 113 Å². The summed E-state index contributed by atoms with van der Waals surface area (Å²) in [5.41, 5.74) is 0.336. The van der Waals surface area contributed by atoms with Gasteiger partial charge in [-0.2, -0.15) is 0 Å². The number of ether oxygens (including phenoxy) is 1. The van der Waals surface area contributed by atoms with Gasteiger partial charge in [0.15, 0.2) is 11.6 Å². The summed E-state index contributed by atoms with van der Waals surface area (Å²) in [4.78, 5) is 22.3. The van der Waals surface area contributed by atoms with Crippen molar-refractivity contribution in [1.29, 1.82) is 0 Å². The lowest BCUT2D eigenvalue weighted by molar-refractivity contribution is -0.274. The zero-order valence-corrected chi connectivity index (χ0v) is 10.5. The molecule has 0 saturated heterocycles. The van der Waals surface area contributed by atoms with Crippen molar-refractivity contribution in [2.45, 2.75) is 13.3 Å². The van der Waals surface area contributed by atoms with Crippen molar-refractivity contribution in [2.75, 3.05) is 0 Å². The first-order valence-electron chi connectivity index (χ1n) is 5.47. The Morgan fingerprint density at radius 3 is 2.20 bits per heavy atom. The van der Waals surface area contributed by atoms with Crippen LogP contribution in [0.2, 0.25) is 0 Å². The van der Waals surface area contributed by atoms with E-state index in [-0.39, 0.29) is 11.3 Å². The number of carbonyl (C=O) groups excluding carboxylic acids is 2. The highest BCUT2D eigenvalue weighted by molar-refractivity contribution is 6.23. The molecule has 0 unspecified atom stereocenters. The highest BCUT2D eigenvalue weighted by Gasteiger charge is 2.30. The number of carbonyl (C=O) groups is 2. The monoisotopic (exact) mass is 284 g/mol. The highest BCUT2D eigenvalue weighted by atomic mass is 19.4. The third kappa shape index (κ3) is 5.09. The number of alkyl halides is 3. The summed E-state index contributed by atoms with van der Waals surface area (Å²) in [7, 11) is 0. The topological polar surface area (TPSA) is 43.4 Å². The van der Waals surface area contributed by atoms with E-state index in [1.54, 1.807) is 0 Å². The first-order valence-corrected chi connectivity index (χ1v) is 5.47. The van der Waals surface area contributed by atoms with Gasteiger partial charge < -0.3 is 4.74 Å². The molecule has 0 aromatic heterocycles. The number of halogens is 3. The summed E-state index contributed by atoms with van der Waals surface area (Å²) in [6, 6.07) is 4.94. The molecule has 0 N–H and O–H groups in total. The van der Waals surface area contributed by atoms with E-state index in [4.69, 9.17) is 0 Å². The fourth-order valence-corrected chi connectivity index (χ4v) is 1.23. The standard InChI is InChI=1S/C14H11F3O3/c1-9(10(2)18)13(19)8-5-11-3-6-12(7-4-11)20-14(15,16)17/h3-8H,1H2,2H3/b8-5+. The molecule has 3 nitrogen and oxygen atoms in total. The van der Waals surface area contributed by atoms with E-state index in [1.807, 2.05) is 0 Å². The number of Topliss-reactive ketones (excluding diaryl/α,β-unsaturated/α-hetero) is 1. The number of hydrogen-bond acceptors (Lipinski definition) is 3. The predicted octanol–water partition coefficient (Wildman–Crippen LogP) is 3.31. The minimum atomic E-state index is -4.74.